The van der Waals surface area contributed by atoms with E-state index in [2.05, 4.69) is 63.8 Å². The molecule has 0 spiro atoms. The van der Waals surface area contributed by atoms with Gasteiger partial charge in [0.25, 0.3) is 0 Å². The molecule has 2 nitrogen and oxygen atoms in total. The summed E-state index contributed by atoms with van der Waals surface area (Å²) in [6, 6.07) is 11.9. The Morgan fingerprint density at radius 3 is 2.11 bits per heavy atom. The molecule has 0 aromatic heterocycles. The molecule has 0 fully saturated rings. The minimum Gasteiger partial charge on any atom is -0.292 e. The van der Waals surface area contributed by atoms with E-state index in [1.807, 2.05) is 6.07 Å². The SMILES string of the molecule is CC(C)N(C(C)C)C(C)c1ccccc1CC#N. The van der Waals surface area contributed by atoms with Crippen molar-refractivity contribution in [2.45, 2.75) is 59.2 Å². The third-order valence-corrected chi connectivity index (χ3v) is 3.41. The van der Waals surface area contributed by atoms with E-state index in [0.29, 0.717) is 24.5 Å². The van der Waals surface area contributed by atoms with Crippen LogP contribution in [0.25, 0.3) is 0 Å². The van der Waals surface area contributed by atoms with E-state index < -0.39 is 0 Å². The van der Waals surface area contributed by atoms with Gasteiger partial charge in [0.05, 0.1) is 12.5 Å². The molecule has 0 saturated heterocycles. The molecule has 0 heterocycles. The quantitative estimate of drug-likeness (QED) is 0.784. The van der Waals surface area contributed by atoms with Crippen molar-refractivity contribution in [2.75, 3.05) is 0 Å². The average molecular weight is 244 g/mol. The third-order valence-electron chi connectivity index (χ3n) is 3.41. The molecule has 0 radical (unpaired) electrons. The molecule has 0 bridgehead atoms. The number of rotatable bonds is 5. The predicted molar refractivity (Wildman–Crippen MR) is 76.3 cm³/mol. The van der Waals surface area contributed by atoms with Crippen LogP contribution in [0.2, 0.25) is 0 Å². The average Bonchev–Trinajstić information content (AvgIpc) is 2.29. The lowest BCUT2D eigenvalue weighted by molar-refractivity contribution is 0.122. The summed E-state index contributed by atoms with van der Waals surface area (Å²) in [5.74, 6) is 0. The normalized spacial score (nSPS) is 13.1. The lowest BCUT2D eigenvalue weighted by Crippen LogP contribution is -2.39. The van der Waals surface area contributed by atoms with E-state index >= 15 is 0 Å². The summed E-state index contributed by atoms with van der Waals surface area (Å²) in [4.78, 5) is 2.48. The fourth-order valence-corrected chi connectivity index (χ4v) is 2.84. The maximum absolute atomic E-state index is 8.92. The van der Waals surface area contributed by atoms with Crippen LogP contribution >= 0.6 is 0 Å². The fourth-order valence-electron chi connectivity index (χ4n) is 2.84. The highest BCUT2D eigenvalue weighted by molar-refractivity contribution is 5.32. The molecule has 0 amide bonds. The van der Waals surface area contributed by atoms with Gasteiger partial charge in [-0.2, -0.15) is 5.26 Å². The van der Waals surface area contributed by atoms with E-state index in [9.17, 15) is 0 Å². The van der Waals surface area contributed by atoms with Gasteiger partial charge in [0.2, 0.25) is 0 Å². The van der Waals surface area contributed by atoms with Crippen molar-refractivity contribution in [1.29, 1.82) is 5.26 Å². The third kappa shape index (κ3) is 3.34. The summed E-state index contributed by atoms with van der Waals surface area (Å²) >= 11 is 0. The zero-order valence-electron chi connectivity index (χ0n) is 12.1. The van der Waals surface area contributed by atoms with Gasteiger partial charge in [-0.3, -0.25) is 4.90 Å². The van der Waals surface area contributed by atoms with Gasteiger partial charge >= 0.3 is 0 Å². The highest BCUT2D eigenvalue weighted by Gasteiger charge is 2.22. The monoisotopic (exact) mass is 244 g/mol. The number of nitriles is 1. The molecule has 1 aromatic rings. The Morgan fingerprint density at radius 1 is 1.06 bits per heavy atom. The van der Waals surface area contributed by atoms with Crippen molar-refractivity contribution < 1.29 is 0 Å². The zero-order valence-corrected chi connectivity index (χ0v) is 12.1. The van der Waals surface area contributed by atoms with Crippen molar-refractivity contribution in [2.24, 2.45) is 0 Å². The molecular formula is C16H24N2. The van der Waals surface area contributed by atoms with Gasteiger partial charge in [0.1, 0.15) is 0 Å². The van der Waals surface area contributed by atoms with Crippen LogP contribution in [0.15, 0.2) is 24.3 Å². The second kappa shape index (κ2) is 6.56. The van der Waals surface area contributed by atoms with Gasteiger partial charge in [-0.1, -0.05) is 24.3 Å². The maximum atomic E-state index is 8.92. The highest BCUT2D eigenvalue weighted by atomic mass is 15.2. The zero-order chi connectivity index (χ0) is 13.7. The summed E-state index contributed by atoms with van der Waals surface area (Å²) in [6.07, 6.45) is 0.491. The second-order valence-electron chi connectivity index (χ2n) is 5.34. The van der Waals surface area contributed by atoms with Crippen molar-refractivity contribution in [3.8, 4) is 6.07 Å². The van der Waals surface area contributed by atoms with Crippen LogP contribution in [0.1, 0.15) is 51.8 Å². The Hall–Kier alpha value is -1.33. The molecule has 0 aliphatic heterocycles. The topological polar surface area (TPSA) is 27.0 Å². The lowest BCUT2D eigenvalue weighted by Gasteiger charge is -2.37. The Labute approximate surface area is 111 Å². The van der Waals surface area contributed by atoms with Crippen molar-refractivity contribution in [1.82, 2.24) is 4.90 Å². The van der Waals surface area contributed by atoms with Crippen LogP contribution < -0.4 is 0 Å². The molecular weight excluding hydrogens is 220 g/mol. The predicted octanol–water partition coefficient (Wildman–Crippen LogP) is 3.93. The minimum absolute atomic E-state index is 0.342. The molecule has 1 rings (SSSR count). The molecule has 18 heavy (non-hydrogen) atoms. The Kier molecular flexibility index (Phi) is 5.37. The smallest absolute Gasteiger partial charge is 0.0669 e. The Balaban J connectivity index is 3.09. The molecule has 1 unspecified atom stereocenters. The number of nitrogens with zero attached hydrogens (tertiary/aromatic N) is 2. The van der Waals surface area contributed by atoms with Crippen LogP contribution in [0.4, 0.5) is 0 Å². The van der Waals surface area contributed by atoms with E-state index in [0.717, 1.165) is 5.56 Å². The Morgan fingerprint density at radius 2 is 1.61 bits per heavy atom. The number of hydrogen-bond donors (Lipinski definition) is 0. The lowest BCUT2D eigenvalue weighted by atomic mass is 9.96. The molecule has 0 N–H and O–H groups in total. The maximum Gasteiger partial charge on any atom is 0.0669 e. The Bertz CT molecular complexity index is 407. The second-order valence-corrected chi connectivity index (χ2v) is 5.34. The van der Waals surface area contributed by atoms with E-state index in [4.69, 9.17) is 5.26 Å². The summed E-state index contributed by atoms with van der Waals surface area (Å²) in [6.45, 7) is 11.1. The van der Waals surface area contributed by atoms with Crippen molar-refractivity contribution in [3.63, 3.8) is 0 Å². The van der Waals surface area contributed by atoms with Crippen molar-refractivity contribution >= 4 is 0 Å². The summed E-state index contributed by atoms with van der Waals surface area (Å²) in [7, 11) is 0. The molecule has 0 aliphatic carbocycles. The minimum atomic E-state index is 0.342. The number of hydrogen-bond acceptors (Lipinski definition) is 2. The van der Waals surface area contributed by atoms with Crippen molar-refractivity contribution in [3.05, 3.63) is 35.4 Å². The molecule has 0 aliphatic rings. The largest absolute Gasteiger partial charge is 0.292 e. The first-order chi connectivity index (χ1) is 8.49. The van der Waals surface area contributed by atoms with Gasteiger partial charge in [0, 0.05) is 18.1 Å². The molecule has 0 saturated carbocycles. The van der Waals surface area contributed by atoms with Crippen LogP contribution in [0.5, 0.6) is 0 Å². The van der Waals surface area contributed by atoms with Gasteiger partial charge < -0.3 is 0 Å². The first kappa shape index (κ1) is 14.7. The summed E-state index contributed by atoms with van der Waals surface area (Å²) < 4.78 is 0. The molecule has 1 aromatic carbocycles. The fraction of sp³-hybridized carbons (Fsp3) is 0.562. The first-order valence-electron chi connectivity index (χ1n) is 6.71. The first-order valence-corrected chi connectivity index (χ1v) is 6.71. The van der Waals surface area contributed by atoms with Crippen LogP contribution in [0.3, 0.4) is 0 Å². The standard InChI is InChI=1S/C16H24N2/c1-12(2)18(13(3)4)14(5)16-9-7-6-8-15(16)10-11-17/h6-9,12-14H,10H2,1-5H3. The molecule has 98 valence electrons. The van der Waals surface area contributed by atoms with E-state index in [-0.39, 0.29) is 0 Å². The number of benzene rings is 1. The van der Waals surface area contributed by atoms with Crippen LogP contribution in [-0.4, -0.2) is 17.0 Å². The summed E-state index contributed by atoms with van der Waals surface area (Å²) in [5, 5.41) is 8.92. The van der Waals surface area contributed by atoms with Gasteiger partial charge in [-0.15, -0.1) is 0 Å². The van der Waals surface area contributed by atoms with Gasteiger partial charge in [0.15, 0.2) is 0 Å². The van der Waals surface area contributed by atoms with Gasteiger partial charge in [-0.25, -0.2) is 0 Å². The van der Waals surface area contributed by atoms with E-state index in [1.54, 1.807) is 0 Å². The molecule has 1 atom stereocenters. The molecule has 2 heteroatoms. The summed E-state index contributed by atoms with van der Waals surface area (Å²) in [5.41, 5.74) is 2.43. The van der Waals surface area contributed by atoms with E-state index in [1.165, 1.54) is 5.56 Å². The van der Waals surface area contributed by atoms with Crippen LogP contribution in [-0.2, 0) is 6.42 Å². The van der Waals surface area contributed by atoms with Gasteiger partial charge in [-0.05, 0) is 45.7 Å². The van der Waals surface area contributed by atoms with Crippen LogP contribution in [0, 0.1) is 11.3 Å². The highest BCUT2D eigenvalue weighted by Crippen LogP contribution is 2.27.